The second kappa shape index (κ2) is 6.76. The van der Waals surface area contributed by atoms with Gasteiger partial charge in [0.25, 0.3) is 0 Å². The molecule has 1 aliphatic heterocycles. The largest absolute Gasteiger partial charge is 0.377 e. The molecule has 1 saturated carbocycles. The maximum Gasteiger partial charge on any atom is 0.235 e. The van der Waals surface area contributed by atoms with Gasteiger partial charge in [-0.3, -0.25) is 4.72 Å². The molecule has 1 aromatic heterocycles. The monoisotopic (exact) mass is 363 g/mol. The molecule has 1 N–H and O–H groups in total. The molecule has 1 atom stereocenters. The minimum Gasteiger partial charge on any atom is -0.377 e. The molecule has 2 fully saturated rings. The molecule has 1 aromatic carbocycles. The van der Waals surface area contributed by atoms with Crippen LogP contribution in [0.5, 0.6) is 0 Å². The van der Waals surface area contributed by atoms with Crippen molar-refractivity contribution < 1.29 is 17.7 Å². The van der Waals surface area contributed by atoms with Crippen LogP contribution in [0.3, 0.4) is 0 Å². The summed E-state index contributed by atoms with van der Waals surface area (Å²) in [7, 11) is -3.47. The molecule has 7 nitrogen and oxygen atoms in total. The average molecular weight is 363 g/mol. The smallest absolute Gasteiger partial charge is 0.235 e. The van der Waals surface area contributed by atoms with E-state index in [1.807, 2.05) is 6.07 Å². The number of nitrogens with zero attached hydrogens (tertiary/aromatic N) is 2. The average Bonchev–Trinajstić information content (AvgIpc) is 3.32. The number of hydrogen-bond acceptors (Lipinski definition) is 6. The van der Waals surface area contributed by atoms with Crippen molar-refractivity contribution in [1.29, 1.82) is 0 Å². The van der Waals surface area contributed by atoms with E-state index < -0.39 is 10.0 Å². The normalized spacial score (nSPS) is 21.2. The highest BCUT2D eigenvalue weighted by molar-refractivity contribution is 7.92. The molecule has 0 radical (unpaired) electrons. The number of nitrogens with one attached hydrogen (secondary N) is 1. The summed E-state index contributed by atoms with van der Waals surface area (Å²) in [6.45, 7) is 0.636. The van der Waals surface area contributed by atoms with Crippen LogP contribution in [0.4, 0.5) is 5.69 Å². The van der Waals surface area contributed by atoms with Crippen LogP contribution < -0.4 is 4.72 Å². The fourth-order valence-corrected chi connectivity index (χ4v) is 4.30. The van der Waals surface area contributed by atoms with E-state index in [-0.39, 0.29) is 11.9 Å². The van der Waals surface area contributed by atoms with Crippen molar-refractivity contribution in [1.82, 2.24) is 10.1 Å². The highest BCUT2D eigenvalue weighted by Crippen LogP contribution is 2.39. The molecular weight excluding hydrogens is 342 g/mol. The van der Waals surface area contributed by atoms with Gasteiger partial charge in [0, 0.05) is 23.8 Å². The van der Waals surface area contributed by atoms with Crippen molar-refractivity contribution >= 4 is 15.7 Å². The quantitative estimate of drug-likeness (QED) is 0.848. The lowest BCUT2D eigenvalue weighted by atomic mass is 10.1. The Kier molecular flexibility index (Phi) is 4.47. The predicted octanol–water partition coefficient (Wildman–Crippen LogP) is 2.92. The molecule has 25 heavy (non-hydrogen) atoms. The number of ether oxygens (including phenoxy) is 1. The molecule has 2 aliphatic rings. The Labute approximate surface area is 146 Å². The Bertz CT molecular complexity index is 839. The molecule has 2 aromatic rings. The maximum absolute atomic E-state index is 12.4. The van der Waals surface area contributed by atoms with Crippen molar-refractivity contribution in [3.05, 3.63) is 30.2 Å². The summed E-state index contributed by atoms with van der Waals surface area (Å²) in [6, 6.07) is 7.05. The first kappa shape index (κ1) is 16.5. The fraction of sp³-hybridized carbons (Fsp3) is 0.529. The molecule has 1 aliphatic carbocycles. The Hall–Kier alpha value is -1.93. The Balaban J connectivity index is 1.46. The van der Waals surface area contributed by atoms with Crippen LogP contribution in [-0.4, -0.2) is 37.0 Å². The van der Waals surface area contributed by atoms with Crippen LogP contribution in [0, 0.1) is 0 Å². The van der Waals surface area contributed by atoms with Gasteiger partial charge in [-0.2, -0.15) is 4.98 Å². The van der Waals surface area contributed by atoms with E-state index in [2.05, 4.69) is 14.9 Å². The highest BCUT2D eigenvalue weighted by Gasteiger charge is 2.30. The van der Waals surface area contributed by atoms with Gasteiger partial charge in [-0.25, -0.2) is 8.42 Å². The van der Waals surface area contributed by atoms with E-state index in [1.54, 1.807) is 18.2 Å². The molecule has 1 saturated heterocycles. The van der Waals surface area contributed by atoms with Gasteiger partial charge in [-0.15, -0.1) is 0 Å². The summed E-state index contributed by atoms with van der Waals surface area (Å²) in [6.07, 6.45) is 4.74. The van der Waals surface area contributed by atoms with Gasteiger partial charge in [0.15, 0.2) is 0 Å². The minimum atomic E-state index is -3.47. The predicted molar refractivity (Wildman–Crippen MR) is 92.7 cm³/mol. The number of rotatable bonds is 6. The van der Waals surface area contributed by atoms with E-state index in [0.717, 1.165) is 37.7 Å². The van der Waals surface area contributed by atoms with Crippen LogP contribution in [0.25, 0.3) is 11.4 Å². The zero-order valence-corrected chi connectivity index (χ0v) is 14.7. The van der Waals surface area contributed by atoms with E-state index in [4.69, 9.17) is 9.26 Å². The summed E-state index contributed by atoms with van der Waals surface area (Å²) in [5.41, 5.74) is 1.22. The van der Waals surface area contributed by atoms with Crippen LogP contribution in [-0.2, 0) is 14.8 Å². The Morgan fingerprint density at radius 3 is 2.84 bits per heavy atom. The molecule has 0 unspecified atom stereocenters. The van der Waals surface area contributed by atoms with Gasteiger partial charge < -0.3 is 9.26 Å². The first-order valence-electron chi connectivity index (χ1n) is 8.65. The van der Waals surface area contributed by atoms with Gasteiger partial charge in [0.2, 0.25) is 21.7 Å². The number of hydrogen-bond donors (Lipinski definition) is 1. The van der Waals surface area contributed by atoms with E-state index in [0.29, 0.717) is 29.9 Å². The topological polar surface area (TPSA) is 94.3 Å². The molecule has 0 bridgehead atoms. The third-order valence-electron chi connectivity index (χ3n) is 4.44. The summed E-state index contributed by atoms with van der Waals surface area (Å²) in [5, 5.41) is 4.00. The van der Waals surface area contributed by atoms with Gasteiger partial charge in [-0.05, 0) is 44.2 Å². The van der Waals surface area contributed by atoms with E-state index >= 15 is 0 Å². The lowest BCUT2D eigenvalue weighted by Crippen LogP contribution is -2.30. The summed E-state index contributed by atoms with van der Waals surface area (Å²) >= 11 is 0. The standard InChI is InChI=1S/C17H21N3O4S/c21-25(22,11-15-6-1-2-9-23-15)20-14-5-3-4-13(10-14)16-18-17(24-19-16)12-7-8-12/h3-5,10,12,15,20H,1-2,6-9,11H2/t15-/m1/s1. The second-order valence-corrected chi connectivity index (χ2v) is 8.45. The van der Waals surface area contributed by atoms with Crippen molar-refractivity contribution in [3.8, 4) is 11.4 Å². The van der Waals surface area contributed by atoms with Crippen LogP contribution in [0.15, 0.2) is 28.8 Å². The SMILES string of the molecule is O=S(=O)(C[C@H]1CCCCO1)Nc1cccc(-c2noc(C3CC3)n2)c1. The van der Waals surface area contributed by atoms with Gasteiger partial charge in [0.05, 0.1) is 11.9 Å². The van der Waals surface area contributed by atoms with Crippen molar-refractivity contribution in [3.63, 3.8) is 0 Å². The molecule has 8 heteroatoms. The van der Waals surface area contributed by atoms with Crippen LogP contribution in [0.1, 0.15) is 43.9 Å². The molecule has 134 valence electrons. The van der Waals surface area contributed by atoms with Crippen molar-refractivity contribution in [2.45, 2.75) is 44.1 Å². The first-order chi connectivity index (χ1) is 12.1. The number of benzene rings is 1. The van der Waals surface area contributed by atoms with Crippen molar-refractivity contribution in [2.75, 3.05) is 17.1 Å². The van der Waals surface area contributed by atoms with Gasteiger partial charge in [0.1, 0.15) is 0 Å². The van der Waals surface area contributed by atoms with Gasteiger partial charge >= 0.3 is 0 Å². The van der Waals surface area contributed by atoms with Gasteiger partial charge in [-0.1, -0.05) is 17.3 Å². The summed E-state index contributed by atoms with van der Waals surface area (Å²) in [4.78, 5) is 4.40. The zero-order valence-electron chi connectivity index (χ0n) is 13.8. The molecule has 4 rings (SSSR count). The molecule has 0 amide bonds. The first-order valence-corrected chi connectivity index (χ1v) is 10.3. The third kappa shape index (κ3) is 4.19. The van der Waals surface area contributed by atoms with Crippen molar-refractivity contribution in [2.24, 2.45) is 0 Å². The van der Waals surface area contributed by atoms with E-state index in [9.17, 15) is 8.42 Å². The Morgan fingerprint density at radius 1 is 1.20 bits per heavy atom. The highest BCUT2D eigenvalue weighted by atomic mass is 32.2. The number of anilines is 1. The van der Waals surface area contributed by atoms with Crippen LogP contribution >= 0.6 is 0 Å². The van der Waals surface area contributed by atoms with E-state index in [1.165, 1.54) is 0 Å². The van der Waals surface area contributed by atoms with Crippen LogP contribution in [0.2, 0.25) is 0 Å². The zero-order chi connectivity index (χ0) is 17.3. The molecular formula is C17H21N3O4S. The molecule has 0 spiro atoms. The lowest BCUT2D eigenvalue weighted by molar-refractivity contribution is 0.0306. The Morgan fingerprint density at radius 2 is 2.08 bits per heavy atom. The summed E-state index contributed by atoms with van der Waals surface area (Å²) < 4.78 is 38.2. The third-order valence-corrected chi connectivity index (χ3v) is 5.80. The second-order valence-electron chi connectivity index (χ2n) is 6.68. The summed E-state index contributed by atoms with van der Waals surface area (Å²) in [5.74, 6) is 1.51. The number of sulfonamides is 1. The molecule has 2 heterocycles. The fourth-order valence-electron chi connectivity index (χ4n) is 2.98. The number of aromatic nitrogens is 2. The minimum absolute atomic E-state index is 0.0226. The maximum atomic E-state index is 12.4. The lowest BCUT2D eigenvalue weighted by Gasteiger charge is -2.22.